The summed E-state index contributed by atoms with van der Waals surface area (Å²) in [7, 11) is 1.67. The number of rotatable bonds is 5. The number of carbonyl (C=O) groups excluding carboxylic acids is 1. The standard InChI is InChI=1S/C19H26N6O2/c1-27-17-3-2-16-13-24(7-4-15(16)12-17)19(26)18-14-25(22-21-18)11-10-23-8-5-20-6-9-23/h2-3,12,14,20H,4-11,13H2,1H3. The number of nitrogens with one attached hydrogen (secondary N) is 1. The molecule has 1 N–H and O–H groups in total. The van der Waals surface area contributed by atoms with Crippen LogP contribution in [0.15, 0.2) is 24.4 Å². The third-order valence-corrected chi connectivity index (χ3v) is 5.33. The van der Waals surface area contributed by atoms with E-state index in [1.54, 1.807) is 18.0 Å². The van der Waals surface area contributed by atoms with Gasteiger partial charge in [0.05, 0.1) is 19.9 Å². The van der Waals surface area contributed by atoms with E-state index in [1.165, 1.54) is 11.1 Å². The highest BCUT2D eigenvalue weighted by Gasteiger charge is 2.24. The molecule has 8 nitrogen and oxygen atoms in total. The summed E-state index contributed by atoms with van der Waals surface area (Å²) >= 11 is 0. The Kier molecular flexibility index (Phi) is 5.35. The summed E-state index contributed by atoms with van der Waals surface area (Å²) in [4.78, 5) is 17.1. The van der Waals surface area contributed by atoms with Gasteiger partial charge in [-0.3, -0.25) is 14.4 Å². The molecule has 4 rings (SSSR count). The number of carbonyl (C=O) groups is 1. The van der Waals surface area contributed by atoms with E-state index >= 15 is 0 Å². The molecular weight excluding hydrogens is 344 g/mol. The van der Waals surface area contributed by atoms with Crippen molar-refractivity contribution in [2.75, 3.05) is 46.4 Å². The number of nitrogens with zero attached hydrogens (tertiary/aromatic N) is 5. The van der Waals surface area contributed by atoms with E-state index in [1.807, 2.05) is 17.0 Å². The smallest absolute Gasteiger partial charge is 0.276 e. The second-order valence-corrected chi connectivity index (χ2v) is 7.07. The van der Waals surface area contributed by atoms with Crippen molar-refractivity contribution in [2.45, 2.75) is 19.5 Å². The summed E-state index contributed by atoms with van der Waals surface area (Å²) in [6.07, 6.45) is 2.60. The van der Waals surface area contributed by atoms with Crippen LogP contribution in [0.3, 0.4) is 0 Å². The van der Waals surface area contributed by atoms with E-state index in [2.05, 4.69) is 26.6 Å². The Hall–Kier alpha value is -2.45. The lowest BCUT2D eigenvalue weighted by Gasteiger charge is -2.28. The van der Waals surface area contributed by atoms with Crippen LogP contribution in [-0.4, -0.2) is 77.1 Å². The summed E-state index contributed by atoms with van der Waals surface area (Å²) in [6, 6.07) is 6.04. The summed E-state index contributed by atoms with van der Waals surface area (Å²) in [6.45, 7) is 7.14. The predicted molar refractivity (Wildman–Crippen MR) is 101 cm³/mol. The molecule has 2 aliphatic heterocycles. The van der Waals surface area contributed by atoms with Gasteiger partial charge in [0.25, 0.3) is 5.91 Å². The minimum atomic E-state index is -0.0510. The lowest BCUT2D eigenvalue weighted by molar-refractivity contribution is 0.0728. The van der Waals surface area contributed by atoms with Crippen molar-refractivity contribution >= 4 is 5.91 Å². The monoisotopic (exact) mass is 370 g/mol. The molecule has 0 bridgehead atoms. The number of amides is 1. The highest BCUT2D eigenvalue weighted by atomic mass is 16.5. The maximum Gasteiger partial charge on any atom is 0.276 e. The molecule has 0 atom stereocenters. The van der Waals surface area contributed by atoms with E-state index in [0.717, 1.165) is 51.4 Å². The van der Waals surface area contributed by atoms with Gasteiger partial charge in [-0.15, -0.1) is 5.10 Å². The molecule has 2 aliphatic rings. The van der Waals surface area contributed by atoms with E-state index in [9.17, 15) is 4.79 Å². The molecule has 1 aromatic heterocycles. The van der Waals surface area contributed by atoms with Gasteiger partial charge in [0.2, 0.25) is 0 Å². The Bertz CT molecular complexity index is 799. The summed E-state index contributed by atoms with van der Waals surface area (Å²) < 4.78 is 7.06. The van der Waals surface area contributed by atoms with Gasteiger partial charge in [0, 0.05) is 45.8 Å². The van der Waals surface area contributed by atoms with Crippen molar-refractivity contribution in [2.24, 2.45) is 0 Å². The van der Waals surface area contributed by atoms with Gasteiger partial charge in [-0.25, -0.2) is 0 Å². The van der Waals surface area contributed by atoms with Crippen molar-refractivity contribution in [3.8, 4) is 5.75 Å². The number of hydrogen-bond acceptors (Lipinski definition) is 6. The molecule has 144 valence electrons. The molecule has 0 unspecified atom stereocenters. The maximum atomic E-state index is 12.8. The molecule has 2 aromatic rings. The van der Waals surface area contributed by atoms with Crippen LogP contribution in [0, 0.1) is 0 Å². The molecule has 1 aromatic carbocycles. The van der Waals surface area contributed by atoms with E-state index < -0.39 is 0 Å². The van der Waals surface area contributed by atoms with Crippen molar-refractivity contribution in [3.63, 3.8) is 0 Å². The molecule has 27 heavy (non-hydrogen) atoms. The Morgan fingerprint density at radius 3 is 2.85 bits per heavy atom. The number of fused-ring (bicyclic) bond motifs is 1. The highest BCUT2D eigenvalue weighted by molar-refractivity contribution is 5.92. The molecule has 0 radical (unpaired) electrons. The fraction of sp³-hybridized carbons (Fsp3) is 0.526. The summed E-state index contributed by atoms with van der Waals surface area (Å²) in [5.74, 6) is 0.811. The molecule has 1 saturated heterocycles. The molecule has 3 heterocycles. The fourth-order valence-electron chi connectivity index (χ4n) is 3.68. The Morgan fingerprint density at radius 2 is 2.04 bits per heavy atom. The third kappa shape index (κ3) is 4.12. The molecule has 8 heteroatoms. The van der Waals surface area contributed by atoms with Crippen LogP contribution >= 0.6 is 0 Å². The zero-order chi connectivity index (χ0) is 18.6. The van der Waals surface area contributed by atoms with E-state index in [-0.39, 0.29) is 5.91 Å². The van der Waals surface area contributed by atoms with Crippen molar-refractivity contribution < 1.29 is 9.53 Å². The van der Waals surface area contributed by atoms with Gasteiger partial charge in [-0.1, -0.05) is 11.3 Å². The normalized spacial score (nSPS) is 17.6. The third-order valence-electron chi connectivity index (χ3n) is 5.33. The Balaban J connectivity index is 1.36. The van der Waals surface area contributed by atoms with Crippen LogP contribution in [0.25, 0.3) is 0 Å². The molecule has 0 aliphatic carbocycles. The molecule has 0 spiro atoms. The lowest BCUT2D eigenvalue weighted by atomic mass is 9.99. The number of ether oxygens (including phenoxy) is 1. The first kappa shape index (κ1) is 17.9. The van der Waals surface area contributed by atoms with Crippen molar-refractivity contribution in [3.05, 3.63) is 41.2 Å². The average Bonchev–Trinajstić information content (AvgIpc) is 3.20. The van der Waals surface area contributed by atoms with Gasteiger partial charge in [-0.05, 0) is 29.7 Å². The minimum Gasteiger partial charge on any atom is -0.497 e. The van der Waals surface area contributed by atoms with Crippen LogP contribution in [-0.2, 0) is 19.5 Å². The SMILES string of the molecule is COc1ccc2c(c1)CCN(C(=O)c1cn(CCN3CCNCC3)nn1)C2. The number of benzene rings is 1. The van der Waals surface area contributed by atoms with Crippen LogP contribution in [0.2, 0.25) is 0 Å². The molecule has 1 fully saturated rings. The number of methoxy groups -OCH3 is 1. The molecule has 0 saturated carbocycles. The summed E-state index contributed by atoms with van der Waals surface area (Å²) in [5.41, 5.74) is 2.84. The fourth-order valence-corrected chi connectivity index (χ4v) is 3.68. The topological polar surface area (TPSA) is 75.5 Å². The van der Waals surface area contributed by atoms with Crippen molar-refractivity contribution in [1.29, 1.82) is 0 Å². The van der Waals surface area contributed by atoms with Crippen LogP contribution in [0.1, 0.15) is 21.6 Å². The number of piperazine rings is 1. The van der Waals surface area contributed by atoms with Crippen LogP contribution < -0.4 is 10.1 Å². The number of aromatic nitrogens is 3. The lowest BCUT2D eigenvalue weighted by Crippen LogP contribution is -2.44. The first-order valence-electron chi connectivity index (χ1n) is 9.51. The predicted octanol–water partition coefficient (Wildman–Crippen LogP) is 0.390. The van der Waals surface area contributed by atoms with Gasteiger partial charge >= 0.3 is 0 Å². The molecule has 1 amide bonds. The minimum absolute atomic E-state index is 0.0510. The van der Waals surface area contributed by atoms with E-state index in [0.29, 0.717) is 18.8 Å². The van der Waals surface area contributed by atoms with Gasteiger partial charge in [0.1, 0.15) is 5.75 Å². The van der Waals surface area contributed by atoms with Crippen LogP contribution in [0.5, 0.6) is 5.75 Å². The number of hydrogen-bond donors (Lipinski definition) is 1. The average molecular weight is 370 g/mol. The first-order chi connectivity index (χ1) is 13.2. The van der Waals surface area contributed by atoms with Gasteiger partial charge in [-0.2, -0.15) is 0 Å². The first-order valence-corrected chi connectivity index (χ1v) is 9.51. The van der Waals surface area contributed by atoms with Gasteiger partial charge in [0.15, 0.2) is 5.69 Å². The quantitative estimate of drug-likeness (QED) is 0.821. The highest BCUT2D eigenvalue weighted by Crippen LogP contribution is 2.24. The maximum absolute atomic E-state index is 12.8. The Morgan fingerprint density at radius 1 is 1.19 bits per heavy atom. The zero-order valence-electron chi connectivity index (χ0n) is 15.7. The van der Waals surface area contributed by atoms with Crippen LogP contribution in [0.4, 0.5) is 0 Å². The Labute approximate surface area is 159 Å². The zero-order valence-corrected chi connectivity index (χ0v) is 15.7. The van der Waals surface area contributed by atoms with Gasteiger partial charge < -0.3 is 15.0 Å². The second-order valence-electron chi connectivity index (χ2n) is 7.07. The van der Waals surface area contributed by atoms with E-state index in [4.69, 9.17) is 4.74 Å². The summed E-state index contributed by atoms with van der Waals surface area (Å²) in [5, 5.41) is 11.6. The van der Waals surface area contributed by atoms with Crippen molar-refractivity contribution in [1.82, 2.24) is 30.1 Å². The molecular formula is C19H26N6O2. The second kappa shape index (κ2) is 8.06. The largest absolute Gasteiger partial charge is 0.497 e.